The molecular weight excluding hydrogens is 439 g/mol. The van der Waals surface area contributed by atoms with Crippen molar-refractivity contribution >= 4 is 17.5 Å². The van der Waals surface area contributed by atoms with Crippen molar-refractivity contribution in [2.24, 2.45) is 0 Å². The van der Waals surface area contributed by atoms with Gasteiger partial charge in [-0.15, -0.1) is 12.7 Å². The summed E-state index contributed by atoms with van der Waals surface area (Å²) in [5.41, 5.74) is 3.39. The van der Waals surface area contributed by atoms with Gasteiger partial charge in [-0.1, -0.05) is 38.5 Å². The van der Waals surface area contributed by atoms with Crippen LogP contribution in [0.5, 0.6) is 0 Å². The van der Waals surface area contributed by atoms with E-state index in [-0.39, 0.29) is 38.8 Å². The number of benzene rings is 2. The van der Waals surface area contributed by atoms with E-state index in [2.05, 4.69) is 36.6 Å². The van der Waals surface area contributed by atoms with Crippen molar-refractivity contribution in [1.29, 1.82) is 0 Å². The average Bonchev–Trinajstić information content (AvgIpc) is 3.13. The molecule has 29 heavy (non-hydrogen) atoms. The first kappa shape index (κ1) is 25.5. The number of carbonyl (C=O) groups is 1. The number of hydrogen-bond acceptors (Lipinski definition) is 3. The Labute approximate surface area is 200 Å². The number of amides is 1. The molecule has 2 aromatic rings. The van der Waals surface area contributed by atoms with Gasteiger partial charge in [0, 0.05) is 63.4 Å². The molecule has 2 aliphatic heterocycles. The topological polar surface area (TPSA) is 55.7 Å². The summed E-state index contributed by atoms with van der Waals surface area (Å²) in [6.07, 6.45) is 1.96. The zero-order valence-electron chi connectivity index (χ0n) is 17.9. The minimum atomic E-state index is -0.233. The second kappa shape index (κ2) is 13.6. The van der Waals surface area contributed by atoms with Gasteiger partial charge in [0.25, 0.3) is 0 Å². The Morgan fingerprint density at radius 2 is 1.93 bits per heavy atom. The smallest absolute Gasteiger partial charge is 0.409 e. The van der Waals surface area contributed by atoms with Gasteiger partial charge in [-0.2, -0.15) is 36.4 Å². The Bertz CT molecular complexity index is 701. The van der Waals surface area contributed by atoms with E-state index in [1.54, 1.807) is 11.9 Å². The van der Waals surface area contributed by atoms with Gasteiger partial charge in [-0.05, 0) is 12.0 Å². The summed E-state index contributed by atoms with van der Waals surface area (Å²) in [4.78, 5) is 13.4. The Morgan fingerprint density at radius 1 is 1.24 bits per heavy atom. The molecule has 5 nitrogen and oxygen atoms in total. The van der Waals surface area contributed by atoms with Crippen LogP contribution in [0.25, 0.3) is 5.32 Å². The molecule has 0 spiro atoms. The fourth-order valence-corrected chi connectivity index (χ4v) is 3.47. The molecule has 2 atom stereocenters. The molecule has 1 N–H and O–H groups in total. The molecule has 155 valence electrons. The maximum absolute atomic E-state index is 11.7. The van der Waals surface area contributed by atoms with Crippen molar-refractivity contribution in [2.75, 3.05) is 32.6 Å². The molecule has 4 rings (SSSR count). The molecule has 1 fully saturated rings. The number of ether oxygens (including phenoxy) is 1. The monoisotopic (exact) mass is 470 g/mol. The fraction of sp³-hybridized carbons (Fsp3) is 0.435. The summed E-state index contributed by atoms with van der Waals surface area (Å²) in [7, 11) is 3.24. The predicted molar refractivity (Wildman–Crippen MR) is 115 cm³/mol. The Hall–Kier alpha value is -1.59. The van der Waals surface area contributed by atoms with Gasteiger partial charge in [0.05, 0.1) is 7.11 Å². The molecule has 0 bridgehead atoms. The first-order valence-corrected chi connectivity index (χ1v) is 9.89. The minimum Gasteiger partial charge on any atom is -0.685 e. The Balaban J connectivity index is 0.000000353. The third-order valence-corrected chi connectivity index (χ3v) is 4.70. The molecule has 2 unspecified atom stereocenters. The molecule has 1 amide bonds. The Kier molecular flexibility index (Phi) is 11.9. The summed E-state index contributed by atoms with van der Waals surface area (Å²) in [5.74, 6) is 0.338. The van der Waals surface area contributed by atoms with Crippen LogP contribution in [-0.4, -0.2) is 44.3 Å². The standard InChI is InChI=1S/C14H18N3O2.C6H5.C3H8.Y/c1-15-12-5-3-4-9-10-8-17(14(18)19-2)7-6-11(10)16-13(9)12;1-2-4-6-5-3-1;1-3-2;/h3-5,10-11,16H,6-8H2,1-2H3;1-5H;3H2,1-2H3;/q2*-1;;. The molecule has 2 heterocycles. The van der Waals surface area contributed by atoms with Crippen molar-refractivity contribution in [3.63, 3.8) is 0 Å². The minimum absolute atomic E-state index is 0. The maximum Gasteiger partial charge on any atom is 0.409 e. The number of methoxy groups -OCH3 is 1. The second-order valence-corrected chi connectivity index (χ2v) is 6.81. The maximum atomic E-state index is 11.7. The van der Waals surface area contributed by atoms with Gasteiger partial charge < -0.3 is 20.3 Å². The number of nitrogens with zero attached hydrogens (tertiary/aromatic N) is 2. The van der Waals surface area contributed by atoms with Crippen LogP contribution in [-0.2, 0) is 37.4 Å². The molecule has 0 aromatic heterocycles. The van der Waals surface area contributed by atoms with Gasteiger partial charge in [0.2, 0.25) is 0 Å². The first-order valence-electron chi connectivity index (χ1n) is 9.89. The van der Waals surface area contributed by atoms with Crippen LogP contribution in [0, 0.1) is 6.07 Å². The summed E-state index contributed by atoms with van der Waals surface area (Å²) in [6, 6.07) is 19.1. The molecule has 2 aliphatic rings. The average molecular weight is 470 g/mol. The molecule has 2 aromatic carbocycles. The molecule has 1 radical (unpaired) electrons. The van der Waals surface area contributed by atoms with Gasteiger partial charge in [0.1, 0.15) is 0 Å². The van der Waals surface area contributed by atoms with E-state index in [1.807, 2.05) is 42.5 Å². The molecule has 0 aliphatic carbocycles. The fourth-order valence-electron chi connectivity index (χ4n) is 3.47. The summed E-state index contributed by atoms with van der Waals surface area (Å²) in [6.45, 7) is 5.71. The zero-order chi connectivity index (χ0) is 20.4. The van der Waals surface area contributed by atoms with Crippen LogP contribution in [0.4, 0.5) is 16.2 Å². The summed E-state index contributed by atoms with van der Waals surface area (Å²) in [5, 5.41) is 7.86. The number of carbonyl (C=O) groups excluding carboxylic acids is 1. The molecular formula is C23H31N3O2Y-2. The first-order chi connectivity index (χ1) is 13.7. The summed E-state index contributed by atoms with van der Waals surface area (Å²) >= 11 is 0. The van der Waals surface area contributed by atoms with Gasteiger partial charge in [-0.25, -0.2) is 4.79 Å². The Morgan fingerprint density at radius 3 is 2.45 bits per heavy atom. The SMILES string of the molecule is CCC.C[N-]c1cccc2c1NC1CCN(C(=O)OC)CC21.[Y].[c-]1ccccc1. The quantitative estimate of drug-likeness (QED) is 0.555. The zero-order valence-corrected chi connectivity index (χ0v) is 20.7. The largest absolute Gasteiger partial charge is 0.685 e. The van der Waals surface area contributed by atoms with E-state index in [0.29, 0.717) is 18.5 Å². The van der Waals surface area contributed by atoms with Crippen molar-refractivity contribution < 1.29 is 42.2 Å². The number of fused-ring (bicyclic) bond motifs is 3. The van der Waals surface area contributed by atoms with Gasteiger partial charge in [-0.3, -0.25) is 0 Å². The van der Waals surface area contributed by atoms with Crippen LogP contribution >= 0.6 is 0 Å². The molecule has 1 saturated heterocycles. The number of anilines is 1. The summed E-state index contributed by atoms with van der Waals surface area (Å²) < 4.78 is 4.82. The van der Waals surface area contributed by atoms with E-state index in [0.717, 1.165) is 24.3 Å². The molecule has 6 heteroatoms. The third kappa shape index (κ3) is 7.00. The second-order valence-electron chi connectivity index (χ2n) is 6.81. The van der Waals surface area contributed by atoms with Crippen molar-refractivity contribution in [3.05, 3.63) is 65.5 Å². The normalized spacial score (nSPS) is 18.1. The number of nitrogens with one attached hydrogen (secondary N) is 1. The van der Waals surface area contributed by atoms with Gasteiger partial charge >= 0.3 is 6.09 Å². The van der Waals surface area contributed by atoms with E-state index in [9.17, 15) is 4.79 Å². The van der Waals surface area contributed by atoms with Crippen molar-refractivity contribution in [3.8, 4) is 0 Å². The van der Waals surface area contributed by atoms with E-state index in [4.69, 9.17) is 4.74 Å². The number of para-hydroxylation sites is 1. The number of hydrogen-bond donors (Lipinski definition) is 1. The van der Waals surface area contributed by atoms with E-state index < -0.39 is 0 Å². The van der Waals surface area contributed by atoms with Gasteiger partial charge in [0.15, 0.2) is 0 Å². The van der Waals surface area contributed by atoms with Crippen LogP contribution in [0.1, 0.15) is 38.2 Å². The predicted octanol–water partition coefficient (Wildman–Crippen LogP) is 5.57. The van der Waals surface area contributed by atoms with Crippen molar-refractivity contribution in [2.45, 2.75) is 38.6 Å². The van der Waals surface area contributed by atoms with Crippen molar-refractivity contribution in [1.82, 2.24) is 4.90 Å². The van der Waals surface area contributed by atoms with Crippen LogP contribution in [0.2, 0.25) is 0 Å². The van der Waals surface area contributed by atoms with Crippen LogP contribution in [0.15, 0.2) is 48.5 Å². The van der Waals surface area contributed by atoms with E-state index in [1.165, 1.54) is 19.1 Å². The van der Waals surface area contributed by atoms with Crippen LogP contribution < -0.4 is 5.32 Å². The molecule has 0 saturated carbocycles. The van der Waals surface area contributed by atoms with E-state index >= 15 is 0 Å². The number of piperidine rings is 1. The number of likely N-dealkylation sites (tertiary alicyclic amines) is 1. The van der Waals surface area contributed by atoms with Crippen LogP contribution in [0.3, 0.4) is 0 Å². The third-order valence-electron chi connectivity index (χ3n) is 4.70. The number of rotatable bonds is 1.